The van der Waals surface area contributed by atoms with E-state index in [9.17, 15) is 5.26 Å². The summed E-state index contributed by atoms with van der Waals surface area (Å²) in [6.45, 7) is 0. The van der Waals surface area contributed by atoms with Crippen LogP contribution < -0.4 is 5.43 Å². The highest BCUT2D eigenvalue weighted by Crippen LogP contribution is 2.19. The summed E-state index contributed by atoms with van der Waals surface area (Å²) < 4.78 is 1.79. The third-order valence-electron chi connectivity index (χ3n) is 2.68. The zero-order valence-electron chi connectivity index (χ0n) is 9.54. The van der Waals surface area contributed by atoms with Gasteiger partial charge < -0.3 is 0 Å². The first-order valence-electron chi connectivity index (χ1n) is 5.57. The molecule has 0 aliphatic carbocycles. The van der Waals surface area contributed by atoms with Gasteiger partial charge in [0.25, 0.3) is 0 Å². The van der Waals surface area contributed by atoms with Crippen LogP contribution in [0.3, 0.4) is 0 Å². The van der Waals surface area contributed by atoms with Crippen molar-refractivity contribution in [1.82, 2.24) is 9.66 Å². The summed E-state index contributed by atoms with van der Waals surface area (Å²) in [5.74, 6) is 0.654. The zero-order chi connectivity index (χ0) is 12.4. The Bertz CT molecular complexity index is 723. The normalized spacial score (nSPS) is 10.2. The number of hydrogen-bond donors (Lipinski definition) is 1. The fourth-order valence-electron chi connectivity index (χ4n) is 1.87. The number of pyridine rings is 1. The molecule has 0 amide bonds. The van der Waals surface area contributed by atoms with E-state index in [1.165, 1.54) is 0 Å². The molecular formula is C14H10N4. The first-order valence-corrected chi connectivity index (χ1v) is 5.57. The van der Waals surface area contributed by atoms with Crippen LogP contribution in [0.25, 0.3) is 10.9 Å². The summed E-state index contributed by atoms with van der Waals surface area (Å²) in [6.07, 6.45) is 3.76. The summed E-state index contributed by atoms with van der Waals surface area (Å²) in [6, 6.07) is 15.4. The Morgan fingerprint density at radius 1 is 1.11 bits per heavy atom. The van der Waals surface area contributed by atoms with Crippen LogP contribution in [0.5, 0.6) is 0 Å². The Labute approximate surface area is 104 Å². The fraction of sp³-hybridized carbons (Fsp3) is 0. The number of rotatable bonds is 2. The average molecular weight is 234 g/mol. The van der Waals surface area contributed by atoms with Gasteiger partial charge in [-0.25, -0.2) is 4.98 Å². The third kappa shape index (κ3) is 1.78. The molecule has 0 bridgehead atoms. The second kappa shape index (κ2) is 4.22. The molecule has 0 unspecified atom stereocenters. The van der Waals surface area contributed by atoms with Gasteiger partial charge in [-0.1, -0.05) is 18.2 Å². The third-order valence-corrected chi connectivity index (χ3v) is 2.68. The van der Waals surface area contributed by atoms with Crippen molar-refractivity contribution in [3.05, 3.63) is 60.4 Å². The van der Waals surface area contributed by atoms with Crippen molar-refractivity contribution >= 4 is 16.7 Å². The zero-order valence-corrected chi connectivity index (χ0v) is 9.54. The largest absolute Gasteiger partial charge is 0.278 e. The molecule has 0 saturated heterocycles. The summed E-state index contributed by atoms with van der Waals surface area (Å²) >= 11 is 0. The lowest BCUT2D eigenvalue weighted by molar-refractivity contribution is 0.956. The molecule has 0 fully saturated rings. The summed E-state index contributed by atoms with van der Waals surface area (Å²) in [4.78, 5) is 4.48. The van der Waals surface area contributed by atoms with Crippen molar-refractivity contribution in [3.8, 4) is 6.07 Å². The number of hydrogen-bond acceptors (Lipinski definition) is 3. The van der Waals surface area contributed by atoms with E-state index in [0.717, 1.165) is 10.9 Å². The maximum absolute atomic E-state index is 9.17. The number of anilines is 1. The fourth-order valence-corrected chi connectivity index (χ4v) is 1.87. The highest BCUT2D eigenvalue weighted by Gasteiger charge is 2.04. The van der Waals surface area contributed by atoms with Crippen molar-refractivity contribution in [1.29, 1.82) is 5.26 Å². The van der Waals surface area contributed by atoms with Crippen LogP contribution in [0.1, 0.15) is 5.56 Å². The van der Waals surface area contributed by atoms with Crippen LogP contribution in [0, 0.1) is 11.3 Å². The molecule has 0 saturated carbocycles. The van der Waals surface area contributed by atoms with E-state index < -0.39 is 0 Å². The first-order chi connectivity index (χ1) is 8.86. The van der Waals surface area contributed by atoms with Gasteiger partial charge in [-0.15, -0.1) is 0 Å². The molecule has 1 N–H and O–H groups in total. The van der Waals surface area contributed by atoms with Crippen molar-refractivity contribution in [2.45, 2.75) is 0 Å². The number of para-hydroxylation sites is 1. The van der Waals surface area contributed by atoms with Gasteiger partial charge in [-0.3, -0.25) is 10.1 Å². The van der Waals surface area contributed by atoms with Crippen LogP contribution in [0.2, 0.25) is 0 Å². The molecule has 18 heavy (non-hydrogen) atoms. The van der Waals surface area contributed by atoms with E-state index in [2.05, 4.69) is 16.5 Å². The molecule has 0 aliphatic heterocycles. The maximum atomic E-state index is 9.17. The van der Waals surface area contributed by atoms with E-state index >= 15 is 0 Å². The monoisotopic (exact) mass is 234 g/mol. The Morgan fingerprint density at radius 2 is 1.89 bits per heavy atom. The van der Waals surface area contributed by atoms with Crippen LogP contribution in [-0.4, -0.2) is 9.66 Å². The van der Waals surface area contributed by atoms with Gasteiger partial charge in [0.05, 0.1) is 17.1 Å². The standard InChI is InChI=1S/C14H10N4/c15-10-11-9-14(17-18-7-3-4-8-18)16-13-6-2-1-5-12(11)13/h1-9H,(H,16,17). The van der Waals surface area contributed by atoms with Crippen molar-refractivity contribution in [3.63, 3.8) is 0 Å². The van der Waals surface area contributed by atoms with Gasteiger partial charge in [-0.05, 0) is 18.2 Å². The topological polar surface area (TPSA) is 53.6 Å². The summed E-state index contributed by atoms with van der Waals surface area (Å²) in [5, 5.41) is 10.0. The van der Waals surface area contributed by atoms with Gasteiger partial charge in [0.2, 0.25) is 0 Å². The lowest BCUT2D eigenvalue weighted by Gasteiger charge is -2.08. The Morgan fingerprint density at radius 3 is 2.67 bits per heavy atom. The molecule has 0 atom stereocenters. The SMILES string of the molecule is N#Cc1cc(Nn2cccc2)nc2ccccc12. The summed E-state index contributed by atoms with van der Waals surface area (Å²) in [7, 11) is 0. The molecule has 0 radical (unpaired) electrons. The highest BCUT2D eigenvalue weighted by molar-refractivity contribution is 5.86. The quantitative estimate of drug-likeness (QED) is 0.741. The van der Waals surface area contributed by atoms with Crippen LogP contribution in [-0.2, 0) is 0 Å². The van der Waals surface area contributed by atoms with Crippen molar-refractivity contribution in [2.75, 3.05) is 5.43 Å². The molecule has 0 spiro atoms. The Balaban J connectivity index is 2.11. The molecule has 0 aliphatic rings. The van der Waals surface area contributed by atoms with Gasteiger partial charge in [0.15, 0.2) is 0 Å². The molecule has 4 nitrogen and oxygen atoms in total. The predicted molar refractivity (Wildman–Crippen MR) is 69.9 cm³/mol. The number of aromatic nitrogens is 2. The van der Waals surface area contributed by atoms with E-state index in [-0.39, 0.29) is 0 Å². The van der Waals surface area contributed by atoms with Gasteiger partial charge in [0.1, 0.15) is 5.82 Å². The maximum Gasteiger partial charge on any atom is 0.146 e. The second-order valence-electron chi connectivity index (χ2n) is 3.89. The minimum atomic E-state index is 0.621. The number of fused-ring (bicyclic) bond motifs is 1. The van der Waals surface area contributed by atoms with E-state index in [4.69, 9.17) is 0 Å². The Kier molecular flexibility index (Phi) is 2.43. The van der Waals surface area contributed by atoms with Crippen LogP contribution >= 0.6 is 0 Å². The minimum Gasteiger partial charge on any atom is -0.278 e. The van der Waals surface area contributed by atoms with E-state index in [0.29, 0.717) is 11.4 Å². The van der Waals surface area contributed by atoms with Gasteiger partial charge in [0, 0.05) is 23.8 Å². The minimum absolute atomic E-state index is 0.621. The van der Waals surface area contributed by atoms with E-state index in [1.807, 2.05) is 48.8 Å². The average Bonchev–Trinajstić information content (AvgIpc) is 2.90. The summed E-state index contributed by atoms with van der Waals surface area (Å²) in [5.41, 5.74) is 4.54. The van der Waals surface area contributed by atoms with Crippen LogP contribution in [0.4, 0.5) is 5.82 Å². The number of benzene rings is 1. The number of nitriles is 1. The molecule has 2 heterocycles. The molecule has 2 aromatic heterocycles. The predicted octanol–water partition coefficient (Wildman–Crippen LogP) is 2.78. The number of nitrogens with zero attached hydrogens (tertiary/aromatic N) is 3. The van der Waals surface area contributed by atoms with Crippen LogP contribution in [0.15, 0.2) is 54.9 Å². The number of nitrogens with one attached hydrogen (secondary N) is 1. The van der Waals surface area contributed by atoms with Gasteiger partial charge in [-0.2, -0.15) is 5.26 Å². The van der Waals surface area contributed by atoms with Crippen molar-refractivity contribution in [2.24, 2.45) is 0 Å². The Hall–Kier alpha value is -2.80. The lowest BCUT2D eigenvalue weighted by atomic mass is 10.1. The molecular weight excluding hydrogens is 224 g/mol. The molecule has 4 heteroatoms. The lowest BCUT2D eigenvalue weighted by Crippen LogP contribution is -2.07. The second-order valence-corrected chi connectivity index (χ2v) is 3.89. The molecule has 3 rings (SSSR count). The molecule has 3 aromatic rings. The smallest absolute Gasteiger partial charge is 0.146 e. The highest BCUT2D eigenvalue weighted by atomic mass is 15.4. The first kappa shape index (κ1) is 10.4. The van der Waals surface area contributed by atoms with Crippen molar-refractivity contribution < 1.29 is 0 Å². The van der Waals surface area contributed by atoms with E-state index in [1.54, 1.807) is 10.7 Å². The molecule has 86 valence electrons. The van der Waals surface area contributed by atoms with Gasteiger partial charge >= 0.3 is 0 Å². The molecule has 1 aromatic carbocycles.